The quantitative estimate of drug-likeness (QED) is 0.483. The molecule has 0 unspecified atom stereocenters. The lowest BCUT2D eigenvalue weighted by atomic mass is 10.1. The molecular weight excluding hydrogens is 464 g/mol. The van der Waals surface area contributed by atoms with Crippen molar-refractivity contribution in [2.75, 3.05) is 20.1 Å². The van der Waals surface area contributed by atoms with Gasteiger partial charge in [0, 0.05) is 13.6 Å². The summed E-state index contributed by atoms with van der Waals surface area (Å²) < 4.78 is 6.67. The zero-order valence-electron chi connectivity index (χ0n) is 16.6. The minimum atomic E-state index is -0.177. The Hall–Kier alpha value is -2.64. The van der Waals surface area contributed by atoms with Crippen molar-refractivity contribution < 1.29 is 14.3 Å². The van der Waals surface area contributed by atoms with E-state index in [1.54, 1.807) is 13.1 Å². The van der Waals surface area contributed by atoms with Crippen molar-refractivity contribution in [2.45, 2.75) is 13.0 Å². The number of thiophene rings is 1. The van der Waals surface area contributed by atoms with Crippen molar-refractivity contribution in [2.24, 2.45) is 0 Å². The van der Waals surface area contributed by atoms with E-state index in [1.807, 2.05) is 60.7 Å². The van der Waals surface area contributed by atoms with Gasteiger partial charge in [-0.25, -0.2) is 0 Å². The molecule has 3 aromatic rings. The molecule has 3 rings (SSSR count). The van der Waals surface area contributed by atoms with Crippen molar-refractivity contribution in [3.05, 3.63) is 86.5 Å². The second kappa shape index (κ2) is 10.9. The molecule has 5 nitrogen and oxygen atoms in total. The lowest BCUT2D eigenvalue weighted by Crippen LogP contribution is -2.38. The number of halogens is 1. The summed E-state index contributed by atoms with van der Waals surface area (Å²) in [7, 11) is 1.63. The molecule has 0 radical (unpaired) electrons. The summed E-state index contributed by atoms with van der Waals surface area (Å²) in [6.45, 7) is 1.07. The molecule has 1 N–H and O–H groups in total. The average molecular weight is 487 g/mol. The molecule has 0 aliphatic heterocycles. The third-order valence-electron chi connectivity index (χ3n) is 4.42. The summed E-state index contributed by atoms with van der Waals surface area (Å²) in [4.78, 5) is 26.4. The van der Waals surface area contributed by atoms with Gasteiger partial charge < -0.3 is 15.0 Å². The topological polar surface area (TPSA) is 58.6 Å². The maximum absolute atomic E-state index is 12.3. The number of ether oxygens (including phenoxy) is 1. The molecule has 156 valence electrons. The highest BCUT2D eigenvalue weighted by atomic mass is 79.9. The van der Waals surface area contributed by atoms with E-state index in [1.165, 1.54) is 16.2 Å². The molecule has 30 heavy (non-hydrogen) atoms. The molecule has 1 aromatic heterocycles. The van der Waals surface area contributed by atoms with Gasteiger partial charge in [0.25, 0.3) is 5.91 Å². The molecule has 0 aliphatic rings. The van der Waals surface area contributed by atoms with E-state index >= 15 is 0 Å². The van der Waals surface area contributed by atoms with E-state index in [2.05, 4.69) is 21.2 Å². The molecule has 0 atom stereocenters. The first-order valence-corrected chi connectivity index (χ1v) is 11.2. The zero-order chi connectivity index (χ0) is 21.3. The van der Waals surface area contributed by atoms with Crippen LogP contribution in [0.3, 0.4) is 0 Å². The summed E-state index contributed by atoms with van der Waals surface area (Å²) in [5.74, 6) is 0.475. The Kier molecular flexibility index (Phi) is 8.04. The summed E-state index contributed by atoms with van der Waals surface area (Å²) >= 11 is 4.69. The highest BCUT2D eigenvalue weighted by Crippen LogP contribution is 2.23. The maximum Gasteiger partial charge on any atom is 0.264 e. The number of nitrogens with one attached hydrogen (secondary N) is 1. The molecule has 2 aromatic carbocycles. The van der Waals surface area contributed by atoms with Crippen LogP contribution in [0.2, 0.25) is 0 Å². The van der Waals surface area contributed by atoms with E-state index < -0.39 is 0 Å². The minimum Gasteiger partial charge on any atom is -0.489 e. The standard InChI is InChI=1S/C23H23BrN2O3S/c1-26(23(28)20-11-12-21(24)30-20)15-22(27)25-14-13-17-7-9-19(10-8-17)29-16-18-5-3-2-4-6-18/h2-12H,13-16H2,1H3,(H,25,27). The molecule has 0 spiro atoms. The number of hydrogen-bond acceptors (Lipinski definition) is 4. The first kappa shape index (κ1) is 22.1. The van der Waals surface area contributed by atoms with Crippen LogP contribution in [0.25, 0.3) is 0 Å². The van der Waals surface area contributed by atoms with Crippen LogP contribution in [0.4, 0.5) is 0 Å². The predicted octanol–water partition coefficient (Wildman–Crippen LogP) is 4.52. The summed E-state index contributed by atoms with van der Waals surface area (Å²) in [6.07, 6.45) is 0.709. The van der Waals surface area contributed by atoms with Crippen LogP contribution in [0, 0.1) is 0 Å². The monoisotopic (exact) mass is 486 g/mol. The van der Waals surface area contributed by atoms with Gasteiger partial charge in [-0.05, 0) is 57.7 Å². The maximum atomic E-state index is 12.3. The molecule has 0 saturated heterocycles. The lowest BCUT2D eigenvalue weighted by molar-refractivity contribution is -0.121. The highest BCUT2D eigenvalue weighted by molar-refractivity contribution is 9.11. The number of amides is 2. The van der Waals surface area contributed by atoms with E-state index in [0.29, 0.717) is 24.4 Å². The Bertz CT molecular complexity index is 974. The van der Waals surface area contributed by atoms with E-state index in [4.69, 9.17) is 4.74 Å². The third-order valence-corrected chi connectivity index (χ3v) is 6.03. The van der Waals surface area contributed by atoms with Gasteiger partial charge in [-0.3, -0.25) is 9.59 Å². The molecule has 2 amide bonds. The minimum absolute atomic E-state index is 0.0284. The lowest BCUT2D eigenvalue weighted by Gasteiger charge is -2.16. The Morgan fingerprint density at radius 3 is 2.40 bits per heavy atom. The van der Waals surface area contributed by atoms with Crippen LogP contribution in [-0.4, -0.2) is 36.9 Å². The number of hydrogen-bond donors (Lipinski definition) is 1. The molecule has 0 fully saturated rings. The average Bonchev–Trinajstić information content (AvgIpc) is 3.19. The van der Waals surface area contributed by atoms with Crippen LogP contribution in [0.5, 0.6) is 5.75 Å². The van der Waals surface area contributed by atoms with Crippen LogP contribution in [0.1, 0.15) is 20.8 Å². The first-order chi connectivity index (χ1) is 14.5. The van der Waals surface area contributed by atoms with Gasteiger partial charge in [0.05, 0.1) is 15.2 Å². The number of rotatable bonds is 9. The Morgan fingerprint density at radius 2 is 1.73 bits per heavy atom. The first-order valence-electron chi connectivity index (χ1n) is 9.54. The number of likely N-dealkylation sites (N-methyl/N-ethyl adjacent to an activating group) is 1. The molecule has 0 saturated carbocycles. The highest BCUT2D eigenvalue weighted by Gasteiger charge is 2.16. The molecule has 1 heterocycles. The van der Waals surface area contributed by atoms with Gasteiger partial charge in [-0.2, -0.15) is 0 Å². The SMILES string of the molecule is CN(CC(=O)NCCc1ccc(OCc2ccccc2)cc1)C(=O)c1ccc(Br)s1. The van der Waals surface area contributed by atoms with Gasteiger partial charge in [-0.15, -0.1) is 11.3 Å². The molecule has 0 bridgehead atoms. The Labute approximate surface area is 188 Å². The van der Waals surface area contributed by atoms with Gasteiger partial charge in [0.2, 0.25) is 5.91 Å². The Morgan fingerprint density at radius 1 is 1.00 bits per heavy atom. The van der Waals surface area contributed by atoms with Crippen molar-refractivity contribution in [1.82, 2.24) is 10.2 Å². The third kappa shape index (κ3) is 6.71. The number of nitrogens with zero attached hydrogens (tertiary/aromatic N) is 1. The second-order valence-corrected chi connectivity index (χ2v) is 9.25. The number of benzene rings is 2. The van der Waals surface area contributed by atoms with E-state index in [0.717, 1.165) is 20.7 Å². The molecule has 0 aliphatic carbocycles. The zero-order valence-corrected chi connectivity index (χ0v) is 19.0. The Balaban J connectivity index is 1.38. The number of carbonyl (C=O) groups is 2. The van der Waals surface area contributed by atoms with Crippen molar-refractivity contribution in [3.63, 3.8) is 0 Å². The summed E-state index contributed by atoms with van der Waals surface area (Å²) in [6, 6.07) is 21.5. The second-order valence-electron chi connectivity index (χ2n) is 6.78. The van der Waals surface area contributed by atoms with E-state index in [9.17, 15) is 9.59 Å². The van der Waals surface area contributed by atoms with Crippen molar-refractivity contribution in [3.8, 4) is 5.75 Å². The largest absolute Gasteiger partial charge is 0.489 e. The van der Waals surface area contributed by atoms with Crippen molar-refractivity contribution in [1.29, 1.82) is 0 Å². The fourth-order valence-corrected chi connectivity index (χ4v) is 4.18. The van der Waals surface area contributed by atoms with Gasteiger partial charge in [0.1, 0.15) is 12.4 Å². The van der Waals surface area contributed by atoms with Crippen molar-refractivity contribution >= 4 is 39.1 Å². The molecular formula is C23H23BrN2O3S. The van der Waals surface area contributed by atoms with Gasteiger partial charge in [-0.1, -0.05) is 42.5 Å². The van der Waals surface area contributed by atoms with Crippen LogP contribution < -0.4 is 10.1 Å². The smallest absolute Gasteiger partial charge is 0.264 e. The fraction of sp³-hybridized carbons (Fsp3) is 0.217. The van der Waals surface area contributed by atoms with Gasteiger partial charge in [0.15, 0.2) is 0 Å². The number of carbonyl (C=O) groups excluding carboxylic acids is 2. The van der Waals surface area contributed by atoms with Gasteiger partial charge >= 0.3 is 0 Å². The fourth-order valence-electron chi connectivity index (χ4n) is 2.80. The molecule has 7 heteroatoms. The predicted molar refractivity (Wildman–Crippen MR) is 123 cm³/mol. The van der Waals surface area contributed by atoms with Crippen LogP contribution >= 0.6 is 27.3 Å². The normalized spacial score (nSPS) is 10.5. The van der Waals surface area contributed by atoms with Crippen LogP contribution in [-0.2, 0) is 17.8 Å². The van der Waals surface area contributed by atoms with Crippen LogP contribution in [0.15, 0.2) is 70.5 Å². The summed E-state index contributed by atoms with van der Waals surface area (Å²) in [5.41, 5.74) is 2.23. The summed E-state index contributed by atoms with van der Waals surface area (Å²) in [5, 5.41) is 2.86. The van der Waals surface area contributed by atoms with E-state index in [-0.39, 0.29) is 18.4 Å².